The predicted molar refractivity (Wildman–Crippen MR) is 73.2 cm³/mol. The molecule has 1 fully saturated rings. The number of aromatic nitrogens is 1. The van der Waals surface area contributed by atoms with E-state index in [0.717, 1.165) is 30.6 Å². The van der Waals surface area contributed by atoms with Crippen LogP contribution in [-0.2, 0) is 6.54 Å². The van der Waals surface area contributed by atoms with Crippen LogP contribution in [0, 0.1) is 5.82 Å². The first-order valence-electron chi connectivity index (χ1n) is 6.70. The van der Waals surface area contributed by atoms with E-state index in [0.29, 0.717) is 12.0 Å². The third-order valence-electron chi connectivity index (χ3n) is 3.78. The minimum atomic E-state index is -0.0734. The van der Waals surface area contributed by atoms with Crippen molar-refractivity contribution in [1.29, 1.82) is 0 Å². The molecule has 19 heavy (non-hydrogen) atoms. The molecule has 0 saturated heterocycles. The highest BCUT2D eigenvalue weighted by atomic mass is 19.1. The standard InChI is InChI=1S/C16H17FN2/c17-16-7-2-1-6-15(16)12-9-14(10-12)19-11-13-5-3-4-8-18-13/h1-8,12,14,19H,9-11H2. The van der Waals surface area contributed by atoms with Gasteiger partial charge in [-0.15, -0.1) is 0 Å². The van der Waals surface area contributed by atoms with Crippen LogP contribution in [0.25, 0.3) is 0 Å². The van der Waals surface area contributed by atoms with E-state index in [1.54, 1.807) is 18.3 Å². The van der Waals surface area contributed by atoms with E-state index in [1.807, 2.05) is 30.3 Å². The molecule has 3 rings (SSSR count). The summed E-state index contributed by atoms with van der Waals surface area (Å²) in [4.78, 5) is 4.28. The fraction of sp³-hybridized carbons (Fsp3) is 0.312. The molecule has 0 atom stereocenters. The van der Waals surface area contributed by atoms with Crippen LogP contribution < -0.4 is 5.32 Å². The van der Waals surface area contributed by atoms with Gasteiger partial charge in [-0.25, -0.2) is 4.39 Å². The van der Waals surface area contributed by atoms with Crippen LogP contribution in [0.3, 0.4) is 0 Å². The third kappa shape index (κ3) is 2.82. The second kappa shape index (κ2) is 5.49. The van der Waals surface area contributed by atoms with Crippen molar-refractivity contribution >= 4 is 0 Å². The van der Waals surface area contributed by atoms with Gasteiger partial charge in [0.1, 0.15) is 5.82 Å². The topological polar surface area (TPSA) is 24.9 Å². The van der Waals surface area contributed by atoms with Crippen molar-refractivity contribution in [2.24, 2.45) is 0 Å². The van der Waals surface area contributed by atoms with Gasteiger partial charge in [-0.2, -0.15) is 0 Å². The largest absolute Gasteiger partial charge is 0.308 e. The van der Waals surface area contributed by atoms with Crippen LogP contribution in [0.4, 0.5) is 4.39 Å². The van der Waals surface area contributed by atoms with Gasteiger partial charge < -0.3 is 5.32 Å². The fourth-order valence-electron chi connectivity index (χ4n) is 2.60. The van der Waals surface area contributed by atoms with Gasteiger partial charge in [0.25, 0.3) is 0 Å². The van der Waals surface area contributed by atoms with Crippen LogP contribution >= 0.6 is 0 Å². The monoisotopic (exact) mass is 256 g/mol. The van der Waals surface area contributed by atoms with E-state index in [4.69, 9.17) is 0 Å². The van der Waals surface area contributed by atoms with Gasteiger partial charge in [0.15, 0.2) is 0 Å². The molecule has 1 aliphatic rings. The number of nitrogens with zero attached hydrogens (tertiary/aromatic N) is 1. The summed E-state index contributed by atoms with van der Waals surface area (Å²) in [5, 5.41) is 3.47. The highest BCUT2D eigenvalue weighted by Crippen LogP contribution is 2.37. The molecule has 2 nitrogen and oxygen atoms in total. The van der Waals surface area contributed by atoms with Crippen LogP contribution in [0.1, 0.15) is 30.0 Å². The Bertz CT molecular complexity index is 535. The zero-order chi connectivity index (χ0) is 13.1. The van der Waals surface area contributed by atoms with Crippen molar-refractivity contribution in [1.82, 2.24) is 10.3 Å². The van der Waals surface area contributed by atoms with Gasteiger partial charge in [0.2, 0.25) is 0 Å². The van der Waals surface area contributed by atoms with Gasteiger partial charge in [0.05, 0.1) is 5.69 Å². The van der Waals surface area contributed by atoms with Crippen molar-refractivity contribution in [2.75, 3.05) is 0 Å². The van der Waals surface area contributed by atoms with E-state index in [-0.39, 0.29) is 5.82 Å². The SMILES string of the molecule is Fc1ccccc1C1CC(NCc2ccccn2)C1. The van der Waals surface area contributed by atoms with Crippen molar-refractivity contribution in [3.8, 4) is 0 Å². The van der Waals surface area contributed by atoms with Gasteiger partial charge in [-0.05, 0) is 42.5 Å². The van der Waals surface area contributed by atoms with Crippen LogP contribution in [-0.4, -0.2) is 11.0 Å². The number of rotatable bonds is 4. The van der Waals surface area contributed by atoms with Crippen LogP contribution in [0.5, 0.6) is 0 Å². The van der Waals surface area contributed by atoms with Crippen molar-refractivity contribution in [3.05, 3.63) is 65.7 Å². The molecule has 3 heteroatoms. The van der Waals surface area contributed by atoms with Gasteiger partial charge in [-0.3, -0.25) is 4.98 Å². The maximum Gasteiger partial charge on any atom is 0.126 e. The highest BCUT2D eigenvalue weighted by Gasteiger charge is 2.31. The quantitative estimate of drug-likeness (QED) is 0.908. The molecular weight excluding hydrogens is 239 g/mol. The van der Waals surface area contributed by atoms with E-state index in [1.165, 1.54) is 0 Å². The average molecular weight is 256 g/mol. The molecule has 2 aromatic rings. The Kier molecular flexibility index (Phi) is 3.56. The van der Waals surface area contributed by atoms with E-state index >= 15 is 0 Å². The Hall–Kier alpha value is -1.74. The first-order chi connectivity index (χ1) is 9.33. The minimum Gasteiger partial charge on any atom is -0.308 e. The fourth-order valence-corrected chi connectivity index (χ4v) is 2.60. The van der Waals surface area contributed by atoms with Gasteiger partial charge in [-0.1, -0.05) is 24.3 Å². The molecule has 1 heterocycles. The number of halogens is 1. The number of hydrogen-bond acceptors (Lipinski definition) is 2. The first kappa shape index (κ1) is 12.3. The van der Waals surface area contributed by atoms with Crippen LogP contribution in [0.2, 0.25) is 0 Å². The molecule has 1 saturated carbocycles. The Morgan fingerprint density at radius 1 is 1.11 bits per heavy atom. The summed E-state index contributed by atoms with van der Waals surface area (Å²) >= 11 is 0. The van der Waals surface area contributed by atoms with Gasteiger partial charge >= 0.3 is 0 Å². The molecule has 1 aromatic carbocycles. The van der Waals surface area contributed by atoms with Crippen molar-refractivity contribution in [3.63, 3.8) is 0 Å². The smallest absolute Gasteiger partial charge is 0.126 e. The summed E-state index contributed by atoms with van der Waals surface area (Å²) in [6, 6.07) is 13.5. The summed E-state index contributed by atoms with van der Waals surface area (Å²) < 4.78 is 13.6. The average Bonchev–Trinajstić information content (AvgIpc) is 2.40. The number of nitrogens with one attached hydrogen (secondary N) is 1. The Morgan fingerprint density at radius 2 is 1.89 bits per heavy atom. The summed E-state index contributed by atoms with van der Waals surface area (Å²) in [5.74, 6) is 0.290. The molecule has 0 amide bonds. The molecule has 1 N–H and O–H groups in total. The number of hydrogen-bond donors (Lipinski definition) is 1. The lowest BCUT2D eigenvalue weighted by molar-refractivity contribution is 0.283. The zero-order valence-corrected chi connectivity index (χ0v) is 10.7. The summed E-state index contributed by atoms with van der Waals surface area (Å²) in [5.41, 5.74) is 1.91. The Morgan fingerprint density at radius 3 is 2.63 bits per heavy atom. The molecule has 0 unspecified atom stereocenters. The zero-order valence-electron chi connectivity index (χ0n) is 10.7. The summed E-state index contributed by atoms with van der Waals surface area (Å²) in [6.45, 7) is 0.787. The molecule has 0 radical (unpaired) electrons. The van der Waals surface area contributed by atoms with E-state index in [2.05, 4.69) is 10.3 Å². The Labute approximate surface area is 112 Å². The van der Waals surface area contributed by atoms with Gasteiger partial charge in [0, 0.05) is 18.8 Å². The first-order valence-corrected chi connectivity index (χ1v) is 6.70. The number of pyridine rings is 1. The molecular formula is C16H17FN2. The summed E-state index contributed by atoms with van der Waals surface area (Å²) in [7, 11) is 0. The molecule has 0 spiro atoms. The highest BCUT2D eigenvalue weighted by molar-refractivity contribution is 5.24. The number of benzene rings is 1. The second-order valence-electron chi connectivity index (χ2n) is 5.09. The lowest BCUT2D eigenvalue weighted by Crippen LogP contribution is -2.40. The Balaban J connectivity index is 1.50. The molecule has 0 bridgehead atoms. The lowest BCUT2D eigenvalue weighted by Gasteiger charge is -2.36. The summed E-state index contributed by atoms with van der Waals surface area (Å²) in [6.07, 6.45) is 3.82. The van der Waals surface area contributed by atoms with Crippen molar-refractivity contribution < 1.29 is 4.39 Å². The maximum absolute atomic E-state index is 13.6. The molecule has 98 valence electrons. The molecule has 0 aliphatic heterocycles. The maximum atomic E-state index is 13.6. The normalized spacial score (nSPS) is 21.9. The second-order valence-corrected chi connectivity index (χ2v) is 5.09. The van der Waals surface area contributed by atoms with E-state index in [9.17, 15) is 4.39 Å². The van der Waals surface area contributed by atoms with E-state index < -0.39 is 0 Å². The van der Waals surface area contributed by atoms with Crippen LogP contribution in [0.15, 0.2) is 48.7 Å². The minimum absolute atomic E-state index is 0.0734. The van der Waals surface area contributed by atoms with Crippen molar-refractivity contribution in [2.45, 2.75) is 31.3 Å². The molecule has 1 aliphatic carbocycles. The lowest BCUT2D eigenvalue weighted by atomic mass is 9.75. The predicted octanol–water partition coefficient (Wildman–Crippen LogP) is 3.26. The third-order valence-corrected chi connectivity index (χ3v) is 3.78. The molecule has 1 aromatic heterocycles.